The van der Waals surface area contributed by atoms with Crippen LogP contribution in [0.2, 0.25) is 0 Å². The van der Waals surface area contributed by atoms with E-state index in [1.807, 2.05) is 0 Å². The third kappa shape index (κ3) is 3.71. The maximum absolute atomic E-state index is 11.7. The third-order valence-electron chi connectivity index (χ3n) is 3.18. The number of halogens is 1. The van der Waals surface area contributed by atoms with Crippen molar-refractivity contribution in [1.82, 2.24) is 4.90 Å². The number of imide groups is 1. The molecule has 98 valence electrons. The first-order chi connectivity index (χ1) is 8.08. The lowest BCUT2D eigenvalue weighted by atomic mass is 9.81. The highest BCUT2D eigenvalue weighted by molar-refractivity contribution is 9.09. The summed E-state index contributed by atoms with van der Waals surface area (Å²) >= 11 is 4.69. The van der Waals surface area contributed by atoms with E-state index in [4.69, 9.17) is 0 Å². The quantitative estimate of drug-likeness (QED) is 0.671. The molecule has 0 aromatic carbocycles. The molecule has 1 aliphatic heterocycles. The number of carbonyl (C=O) groups excluding carboxylic acids is 2. The standard InChI is InChI=1S/C12H20BrNO2S/c1-3-5-12(8-13,6-4-2)9-14-10(15)7-17-11(14)16/h3-9H2,1-2H3. The zero-order chi connectivity index (χ0) is 12.9. The Bertz CT molecular complexity index is 274. The first-order valence-corrected chi connectivity index (χ1v) is 8.22. The smallest absolute Gasteiger partial charge is 0.273 e. The molecule has 0 aromatic rings. The summed E-state index contributed by atoms with van der Waals surface area (Å²) in [5, 5.41) is 0.774. The summed E-state index contributed by atoms with van der Waals surface area (Å²) < 4.78 is 0. The minimum absolute atomic E-state index is 0.0301. The van der Waals surface area contributed by atoms with Crippen LogP contribution in [0.4, 0.5) is 4.79 Å². The van der Waals surface area contributed by atoms with Crippen molar-refractivity contribution in [3.05, 3.63) is 0 Å². The van der Waals surface area contributed by atoms with Crippen LogP contribution in [0.15, 0.2) is 0 Å². The molecule has 0 aliphatic carbocycles. The summed E-state index contributed by atoms with van der Waals surface area (Å²) in [7, 11) is 0. The van der Waals surface area contributed by atoms with Crippen molar-refractivity contribution in [3.8, 4) is 0 Å². The van der Waals surface area contributed by atoms with E-state index in [1.165, 1.54) is 4.90 Å². The average molecular weight is 322 g/mol. The molecule has 0 N–H and O–H groups in total. The molecule has 0 radical (unpaired) electrons. The van der Waals surface area contributed by atoms with Gasteiger partial charge in [-0.1, -0.05) is 54.4 Å². The van der Waals surface area contributed by atoms with Gasteiger partial charge in [-0.3, -0.25) is 14.5 Å². The normalized spacial score (nSPS) is 17.0. The SMILES string of the molecule is CCCC(CBr)(CCC)CN1C(=O)CSC1=O. The van der Waals surface area contributed by atoms with Gasteiger partial charge in [-0.2, -0.15) is 0 Å². The van der Waals surface area contributed by atoms with Crippen molar-refractivity contribution < 1.29 is 9.59 Å². The van der Waals surface area contributed by atoms with Crippen molar-refractivity contribution in [2.75, 3.05) is 17.6 Å². The minimum atomic E-state index is -0.0764. The summed E-state index contributed by atoms with van der Waals surface area (Å²) in [5.41, 5.74) is 0.0553. The van der Waals surface area contributed by atoms with E-state index in [0.29, 0.717) is 12.3 Å². The zero-order valence-corrected chi connectivity index (χ0v) is 12.9. The fraction of sp³-hybridized carbons (Fsp3) is 0.833. The van der Waals surface area contributed by atoms with E-state index >= 15 is 0 Å². The second-order valence-corrected chi connectivity index (χ2v) is 6.16. The minimum Gasteiger partial charge on any atom is -0.273 e. The fourth-order valence-electron chi connectivity index (χ4n) is 2.39. The van der Waals surface area contributed by atoms with Crippen LogP contribution in [0.5, 0.6) is 0 Å². The molecule has 1 rings (SSSR count). The van der Waals surface area contributed by atoms with Crippen molar-refractivity contribution in [1.29, 1.82) is 0 Å². The van der Waals surface area contributed by atoms with E-state index in [0.717, 1.165) is 42.8 Å². The van der Waals surface area contributed by atoms with Crippen molar-refractivity contribution in [3.63, 3.8) is 0 Å². The van der Waals surface area contributed by atoms with Crippen LogP contribution in [-0.2, 0) is 4.79 Å². The molecule has 2 amide bonds. The van der Waals surface area contributed by atoms with Crippen LogP contribution in [0, 0.1) is 5.41 Å². The second kappa shape index (κ2) is 6.78. The van der Waals surface area contributed by atoms with E-state index in [2.05, 4.69) is 29.8 Å². The highest BCUT2D eigenvalue weighted by atomic mass is 79.9. The van der Waals surface area contributed by atoms with Crippen molar-refractivity contribution in [2.45, 2.75) is 39.5 Å². The molecule has 5 heteroatoms. The average Bonchev–Trinajstić information content (AvgIpc) is 2.61. The van der Waals surface area contributed by atoms with Gasteiger partial charge in [-0.05, 0) is 18.3 Å². The van der Waals surface area contributed by atoms with Crippen LogP contribution >= 0.6 is 27.7 Å². The molecule has 0 unspecified atom stereocenters. The molecule has 1 heterocycles. The van der Waals surface area contributed by atoms with Crippen LogP contribution < -0.4 is 0 Å². The Morgan fingerprint density at radius 2 is 1.88 bits per heavy atom. The van der Waals surface area contributed by atoms with Crippen molar-refractivity contribution >= 4 is 38.8 Å². The van der Waals surface area contributed by atoms with Gasteiger partial charge in [0.1, 0.15) is 0 Å². The largest absolute Gasteiger partial charge is 0.288 e. The van der Waals surface area contributed by atoms with Gasteiger partial charge in [-0.15, -0.1) is 0 Å². The lowest BCUT2D eigenvalue weighted by Gasteiger charge is -2.34. The number of hydrogen-bond donors (Lipinski definition) is 0. The number of nitrogens with zero attached hydrogens (tertiary/aromatic N) is 1. The first kappa shape index (κ1) is 15.0. The van der Waals surface area contributed by atoms with Crippen LogP contribution in [0.3, 0.4) is 0 Å². The van der Waals surface area contributed by atoms with Crippen LogP contribution in [0.1, 0.15) is 39.5 Å². The van der Waals surface area contributed by atoms with Gasteiger partial charge in [-0.25, -0.2) is 0 Å². The zero-order valence-electron chi connectivity index (χ0n) is 10.5. The molecule has 0 spiro atoms. The van der Waals surface area contributed by atoms with Gasteiger partial charge in [0.15, 0.2) is 0 Å². The van der Waals surface area contributed by atoms with Crippen LogP contribution in [-0.4, -0.2) is 33.7 Å². The molecule has 0 saturated carbocycles. The summed E-state index contributed by atoms with van der Waals surface area (Å²) in [5.74, 6) is 0.285. The van der Waals surface area contributed by atoms with Crippen LogP contribution in [0.25, 0.3) is 0 Å². The number of rotatable bonds is 7. The highest BCUT2D eigenvalue weighted by Gasteiger charge is 2.37. The highest BCUT2D eigenvalue weighted by Crippen LogP contribution is 2.35. The predicted octanol–water partition coefficient (Wildman–Crippen LogP) is 3.66. The maximum atomic E-state index is 11.7. The van der Waals surface area contributed by atoms with Crippen molar-refractivity contribution in [2.24, 2.45) is 5.41 Å². The Kier molecular flexibility index (Phi) is 6.00. The number of alkyl halides is 1. The Morgan fingerprint density at radius 1 is 1.29 bits per heavy atom. The molecular formula is C12H20BrNO2S. The van der Waals surface area contributed by atoms with E-state index in [9.17, 15) is 9.59 Å². The molecule has 3 nitrogen and oxygen atoms in total. The fourth-order valence-corrected chi connectivity index (χ4v) is 3.85. The van der Waals surface area contributed by atoms with E-state index in [-0.39, 0.29) is 16.6 Å². The Morgan fingerprint density at radius 3 is 2.24 bits per heavy atom. The number of amides is 2. The molecule has 0 bridgehead atoms. The molecule has 1 aliphatic rings. The van der Waals surface area contributed by atoms with E-state index < -0.39 is 0 Å². The third-order valence-corrected chi connectivity index (χ3v) is 5.23. The second-order valence-electron chi connectivity index (χ2n) is 4.67. The lowest BCUT2D eigenvalue weighted by molar-refractivity contribution is -0.125. The number of carbonyl (C=O) groups is 2. The monoisotopic (exact) mass is 321 g/mol. The molecule has 1 fully saturated rings. The van der Waals surface area contributed by atoms with Gasteiger partial charge in [0, 0.05) is 11.9 Å². The molecule has 17 heavy (non-hydrogen) atoms. The molecule has 1 saturated heterocycles. The van der Waals surface area contributed by atoms with E-state index in [1.54, 1.807) is 0 Å². The van der Waals surface area contributed by atoms with Gasteiger partial charge in [0.05, 0.1) is 5.75 Å². The lowest BCUT2D eigenvalue weighted by Crippen LogP contribution is -2.41. The molecular weight excluding hydrogens is 302 g/mol. The Balaban J connectivity index is 2.76. The van der Waals surface area contributed by atoms with Gasteiger partial charge in [0.25, 0.3) is 5.24 Å². The first-order valence-electron chi connectivity index (χ1n) is 6.11. The Hall–Kier alpha value is -0.0300. The number of hydrogen-bond acceptors (Lipinski definition) is 3. The number of thioether (sulfide) groups is 1. The molecule has 0 atom stereocenters. The Labute approximate surface area is 116 Å². The summed E-state index contributed by atoms with van der Waals surface area (Å²) in [6.07, 6.45) is 4.26. The van der Waals surface area contributed by atoms with Gasteiger partial charge >= 0.3 is 0 Å². The summed E-state index contributed by atoms with van der Waals surface area (Å²) in [4.78, 5) is 24.7. The summed E-state index contributed by atoms with van der Waals surface area (Å²) in [6, 6.07) is 0. The maximum Gasteiger partial charge on any atom is 0.288 e. The topological polar surface area (TPSA) is 37.4 Å². The summed E-state index contributed by atoms with van der Waals surface area (Å²) in [6.45, 7) is 4.87. The van der Waals surface area contributed by atoms with Gasteiger partial charge < -0.3 is 0 Å². The molecule has 0 aromatic heterocycles. The van der Waals surface area contributed by atoms with Gasteiger partial charge in [0.2, 0.25) is 5.91 Å². The predicted molar refractivity (Wildman–Crippen MR) is 75.6 cm³/mol.